The fourth-order valence-corrected chi connectivity index (χ4v) is 4.35. The van der Waals surface area contributed by atoms with Gasteiger partial charge in [-0.2, -0.15) is 0 Å². The Morgan fingerprint density at radius 3 is 2.39 bits per heavy atom. The summed E-state index contributed by atoms with van der Waals surface area (Å²) in [6.07, 6.45) is 1.56. The van der Waals surface area contributed by atoms with Crippen LogP contribution in [0.2, 0.25) is 0 Å². The zero-order valence-electron chi connectivity index (χ0n) is 18.5. The lowest BCUT2D eigenvalue weighted by molar-refractivity contribution is -0.139. The number of rotatable bonds is 10. The maximum atomic E-state index is 13.8. The molecule has 11 heteroatoms. The predicted octanol–water partition coefficient (Wildman–Crippen LogP) is 3.44. The van der Waals surface area contributed by atoms with E-state index < -0.39 is 40.2 Å². The molecule has 0 saturated heterocycles. The van der Waals surface area contributed by atoms with E-state index in [1.54, 1.807) is 25.1 Å². The Hall–Kier alpha value is -2.53. The minimum Gasteiger partial charge on any atom is -0.354 e. The number of carbonyl (C=O) groups excluding carboxylic acids is 2. The maximum Gasteiger partial charge on any atom is 0.244 e. The summed E-state index contributed by atoms with van der Waals surface area (Å²) in [6, 6.07) is 8.78. The van der Waals surface area contributed by atoms with Gasteiger partial charge in [0.05, 0.1) is 11.9 Å². The summed E-state index contributed by atoms with van der Waals surface area (Å²) in [5.41, 5.74) is 0.516. The van der Waals surface area contributed by atoms with E-state index in [2.05, 4.69) is 21.2 Å². The van der Waals surface area contributed by atoms with Crippen molar-refractivity contribution in [2.24, 2.45) is 0 Å². The molecule has 180 valence electrons. The quantitative estimate of drug-likeness (QED) is 0.495. The van der Waals surface area contributed by atoms with E-state index in [-0.39, 0.29) is 18.1 Å². The highest BCUT2D eigenvalue weighted by Gasteiger charge is 2.30. The van der Waals surface area contributed by atoms with Gasteiger partial charge in [0, 0.05) is 23.6 Å². The molecule has 0 aromatic heterocycles. The van der Waals surface area contributed by atoms with E-state index in [0.717, 1.165) is 22.9 Å². The van der Waals surface area contributed by atoms with Gasteiger partial charge >= 0.3 is 0 Å². The number of nitrogens with zero attached hydrogens (tertiary/aromatic N) is 2. The molecule has 0 aliphatic carbocycles. The van der Waals surface area contributed by atoms with Gasteiger partial charge in [-0.3, -0.25) is 13.9 Å². The van der Waals surface area contributed by atoms with Gasteiger partial charge in [0.25, 0.3) is 0 Å². The van der Waals surface area contributed by atoms with Gasteiger partial charge in [-0.15, -0.1) is 0 Å². The number of benzene rings is 2. The smallest absolute Gasteiger partial charge is 0.244 e. The van der Waals surface area contributed by atoms with Crippen LogP contribution >= 0.6 is 15.9 Å². The Kier molecular flexibility index (Phi) is 9.35. The first-order valence-electron chi connectivity index (χ1n) is 10.2. The van der Waals surface area contributed by atoms with Crippen molar-refractivity contribution in [1.29, 1.82) is 0 Å². The van der Waals surface area contributed by atoms with Crippen molar-refractivity contribution >= 4 is 43.5 Å². The average molecular weight is 546 g/mol. The highest BCUT2D eigenvalue weighted by atomic mass is 79.9. The highest BCUT2D eigenvalue weighted by molar-refractivity contribution is 9.10. The van der Waals surface area contributed by atoms with Crippen molar-refractivity contribution in [2.45, 2.75) is 32.9 Å². The van der Waals surface area contributed by atoms with Crippen molar-refractivity contribution < 1.29 is 26.8 Å². The monoisotopic (exact) mass is 545 g/mol. The standard InChI is InChI=1S/C22H26BrF2N3O4S/c1-4-10-26-22(30)15(2)27(13-16-6-5-7-17(23)11-16)21(29)14-28(33(3,31)32)18-8-9-19(24)20(25)12-18/h5-9,11-12,15H,4,10,13-14H2,1-3H3,(H,26,30)/t15-/m0/s1. The molecule has 0 bridgehead atoms. The Morgan fingerprint density at radius 2 is 1.82 bits per heavy atom. The summed E-state index contributed by atoms with van der Waals surface area (Å²) in [5, 5.41) is 2.73. The highest BCUT2D eigenvalue weighted by Crippen LogP contribution is 2.22. The lowest BCUT2D eigenvalue weighted by Crippen LogP contribution is -2.51. The molecule has 1 N–H and O–H groups in total. The molecule has 33 heavy (non-hydrogen) atoms. The third-order valence-electron chi connectivity index (χ3n) is 4.83. The molecule has 0 saturated carbocycles. The first kappa shape index (κ1) is 26.7. The molecular weight excluding hydrogens is 520 g/mol. The summed E-state index contributed by atoms with van der Waals surface area (Å²) in [5.74, 6) is -3.45. The van der Waals surface area contributed by atoms with E-state index in [9.17, 15) is 26.8 Å². The molecule has 0 unspecified atom stereocenters. The van der Waals surface area contributed by atoms with Crippen LogP contribution in [-0.2, 0) is 26.2 Å². The molecule has 7 nitrogen and oxygen atoms in total. The molecular formula is C22H26BrF2N3O4S. The number of sulfonamides is 1. The molecule has 0 fully saturated rings. The third kappa shape index (κ3) is 7.50. The average Bonchev–Trinajstić information content (AvgIpc) is 2.74. The number of halogens is 3. The van der Waals surface area contributed by atoms with Crippen molar-refractivity contribution in [3.8, 4) is 0 Å². The molecule has 0 aliphatic rings. The Morgan fingerprint density at radius 1 is 1.12 bits per heavy atom. The molecule has 0 heterocycles. The van der Waals surface area contributed by atoms with Gasteiger partial charge in [0.2, 0.25) is 21.8 Å². The molecule has 0 aliphatic heterocycles. The summed E-state index contributed by atoms with van der Waals surface area (Å²) < 4.78 is 53.3. The van der Waals surface area contributed by atoms with Gasteiger partial charge in [0.1, 0.15) is 12.6 Å². The fraction of sp³-hybridized carbons (Fsp3) is 0.364. The topological polar surface area (TPSA) is 86.8 Å². The second-order valence-electron chi connectivity index (χ2n) is 7.49. The van der Waals surface area contributed by atoms with Crippen LogP contribution in [0.5, 0.6) is 0 Å². The van der Waals surface area contributed by atoms with Crippen LogP contribution in [0.4, 0.5) is 14.5 Å². The minimum absolute atomic E-state index is 0.0361. The van der Waals surface area contributed by atoms with E-state index in [1.807, 2.05) is 13.0 Å². The van der Waals surface area contributed by atoms with Crippen LogP contribution in [0.25, 0.3) is 0 Å². The first-order chi connectivity index (χ1) is 15.4. The van der Waals surface area contributed by atoms with Crippen molar-refractivity contribution in [3.63, 3.8) is 0 Å². The molecule has 2 rings (SSSR count). The van der Waals surface area contributed by atoms with Crippen molar-refractivity contribution in [3.05, 3.63) is 64.1 Å². The molecule has 2 amide bonds. The van der Waals surface area contributed by atoms with Crippen LogP contribution in [0.1, 0.15) is 25.8 Å². The third-order valence-corrected chi connectivity index (χ3v) is 6.46. The lowest BCUT2D eigenvalue weighted by atomic mass is 10.1. The number of hydrogen-bond donors (Lipinski definition) is 1. The minimum atomic E-state index is -4.03. The van der Waals surface area contributed by atoms with Crippen molar-refractivity contribution in [2.75, 3.05) is 23.7 Å². The van der Waals surface area contributed by atoms with Crippen LogP contribution in [0.3, 0.4) is 0 Å². The summed E-state index contributed by atoms with van der Waals surface area (Å²) >= 11 is 3.36. The lowest BCUT2D eigenvalue weighted by Gasteiger charge is -2.31. The van der Waals surface area contributed by atoms with Crippen LogP contribution in [-0.4, -0.2) is 50.5 Å². The van der Waals surface area contributed by atoms with Crippen molar-refractivity contribution in [1.82, 2.24) is 10.2 Å². The number of carbonyl (C=O) groups is 2. The number of nitrogens with one attached hydrogen (secondary N) is 1. The number of amides is 2. The fourth-order valence-electron chi connectivity index (χ4n) is 3.06. The largest absolute Gasteiger partial charge is 0.354 e. The van der Waals surface area contributed by atoms with E-state index in [4.69, 9.17) is 0 Å². The Labute approximate surface area is 200 Å². The van der Waals surface area contributed by atoms with Gasteiger partial charge in [0.15, 0.2) is 11.6 Å². The maximum absolute atomic E-state index is 13.8. The van der Waals surface area contributed by atoms with E-state index in [0.29, 0.717) is 28.9 Å². The molecule has 1 atom stereocenters. The molecule has 0 spiro atoms. The second kappa shape index (κ2) is 11.6. The van der Waals surface area contributed by atoms with Crippen LogP contribution in [0.15, 0.2) is 46.9 Å². The number of anilines is 1. The Bertz CT molecular complexity index is 1110. The first-order valence-corrected chi connectivity index (χ1v) is 12.8. The normalized spacial score (nSPS) is 12.2. The van der Waals surface area contributed by atoms with Gasteiger partial charge < -0.3 is 10.2 Å². The molecule has 2 aromatic rings. The Balaban J connectivity index is 2.39. The predicted molar refractivity (Wildman–Crippen MR) is 126 cm³/mol. The van der Waals surface area contributed by atoms with Gasteiger partial charge in [-0.25, -0.2) is 17.2 Å². The van der Waals surface area contributed by atoms with Gasteiger partial charge in [-0.1, -0.05) is 35.0 Å². The SMILES string of the molecule is CCCNC(=O)[C@H](C)N(Cc1cccc(Br)c1)C(=O)CN(c1ccc(F)c(F)c1)S(C)(=O)=O. The number of hydrogen-bond acceptors (Lipinski definition) is 4. The van der Waals surface area contributed by atoms with E-state index >= 15 is 0 Å². The second-order valence-corrected chi connectivity index (χ2v) is 10.3. The zero-order valence-corrected chi connectivity index (χ0v) is 20.9. The molecule has 0 radical (unpaired) electrons. The van der Waals surface area contributed by atoms with E-state index in [1.165, 1.54) is 4.90 Å². The van der Waals surface area contributed by atoms with Gasteiger partial charge in [-0.05, 0) is 43.2 Å². The summed E-state index contributed by atoms with van der Waals surface area (Å²) in [4.78, 5) is 27.2. The van der Waals surface area contributed by atoms with Crippen LogP contribution in [0, 0.1) is 11.6 Å². The zero-order chi connectivity index (χ0) is 24.8. The van der Waals surface area contributed by atoms with Crippen LogP contribution < -0.4 is 9.62 Å². The summed E-state index contributed by atoms with van der Waals surface area (Å²) in [7, 11) is -4.03. The molecule has 2 aromatic carbocycles. The summed E-state index contributed by atoms with van der Waals surface area (Å²) in [6.45, 7) is 3.20.